The standard InChI is InChI=1S/C27H46O5S/c1-18(7-6-14-25(2,3)28)22-10-11-23-21-9-8-19-17-20(32-33(29,30)31)12-15-26(19,4)24(21)13-16-27(22,23)5/h8,18,20-24,28H,6-7,9-17H2,1-5H3,(H,29,30,31)/t18-,20+,21+,22-,23+,24+,26+,27-/m1/s1/i2D3,3D3. The van der Waals surface area contributed by atoms with Crippen LogP contribution in [-0.2, 0) is 14.6 Å². The molecule has 33 heavy (non-hydrogen) atoms. The Bertz CT molecular complexity index is 1040. The van der Waals surface area contributed by atoms with E-state index in [0.717, 1.165) is 38.5 Å². The Labute approximate surface area is 210 Å². The van der Waals surface area contributed by atoms with Crippen LogP contribution < -0.4 is 0 Å². The Morgan fingerprint density at radius 2 is 1.97 bits per heavy atom. The Kier molecular flexibility index (Phi) is 5.07. The third-order valence-electron chi connectivity index (χ3n) is 10.3. The second kappa shape index (κ2) is 8.90. The predicted octanol–water partition coefficient (Wildman–Crippen LogP) is 6.33. The highest BCUT2D eigenvalue weighted by Gasteiger charge is 2.59. The molecule has 3 fully saturated rings. The number of aliphatic hydroxyl groups is 1. The minimum Gasteiger partial charge on any atom is -0.390 e. The van der Waals surface area contributed by atoms with Gasteiger partial charge < -0.3 is 5.11 Å². The maximum Gasteiger partial charge on any atom is 0.397 e. The molecular weight excluding hydrogens is 436 g/mol. The lowest BCUT2D eigenvalue weighted by Crippen LogP contribution is -2.51. The monoisotopic (exact) mass is 488 g/mol. The molecule has 0 aromatic rings. The average Bonchev–Trinajstić information content (AvgIpc) is 3.14. The first-order valence-corrected chi connectivity index (χ1v) is 14.2. The van der Waals surface area contributed by atoms with Crippen LogP contribution in [0.2, 0.25) is 0 Å². The van der Waals surface area contributed by atoms with Crippen LogP contribution in [0.25, 0.3) is 0 Å². The first kappa shape index (κ1) is 18.8. The molecule has 0 aliphatic heterocycles. The molecular formula is C27H46O5S. The van der Waals surface area contributed by atoms with Crippen molar-refractivity contribution in [2.75, 3.05) is 0 Å². The minimum absolute atomic E-state index is 0.0159. The zero-order valence-corrected chi connectivity index (χ0v) is 21.2. The molecule has 8 atom stereocenters. The normalized spacial score (nSPS) is 45.6. The van der Waals surface area contributed by atoms with Crippen LogP contribution in [0.3, 0.4) is 0 Å². The average molecular weight is 489 g/mol. The van der Waals surface area contributed by atoms with Gasteiger partial charge in [0.2, 0.25) is 0 Å². The zero-order chi connectivity index (χ0) is 29.2. The van der Waals surface area contributed by atoms with Crippen molar-refractivity contribution >= 4 is 10.4 Å². The molecule has 0 saturated heterocycles. The highest BCUT2D eigenvalue weighted by atomic mass is 32.3. The summed E-state index contributed by atoms with van der Waals surface area (Å²) in [5, 5.41) is 10.6. The van der Waals surface area contributed by atoms with Crippen molar-refractivity contribution < 1.29 is 30.5 Å². The van der Waals surface area contributed by atoms with E-state index in [2.05, 4.69) is 26.8 Å². The van der Waals surface area contributed by atoms with Crippen molar-refractivity contribution in [1.82, 2.24) is 0 Å². The minimum atomic E-state index is -4.47. The van der Waals surface area contributed by atoms with Crippen molar-refractivity contribution in [1.29, 1.82) is 0 Å². The second-order valence-electron chi connectivity index (χ2n) is 12.1. The Hall–Kier alpha value is -0.430. The van der Waals surface area contributed by atoms with Crippen molar-refractivity contribution in [3.63, 3.8) is 0 Å². The van der Waals surface area contributed by atoms with Gasteiger partial charge in [0.05, 0.1) is 11.7 Å². The van der Waals surface area contributed by atoms with E-state index >= 15 is 0 Å². The zero-order valence-electron chi connectivity index (χ0n) is 26.3. The van der Waals surface area contributed by atoms with Crippen LogP contribution in [0.15, 0.2) is 11.6 Å². The molecule has 0 radical (unpaired) electrons. The highest BCUT2D eigenvalue weighted by Crippen LogP contribution is 2.67. The SMILES string of the molecule is [2H]C([2H])([2H])C(O)(CCC[C@@H](C)[C@H]1CC[C@H]2[C@@H]3CC=C4C[C@@H](OS(=O)(=O)O)CC[C@]4(C)[C@H]3CC[C@]12C)C([2H])([2H])[2H]. The fourth-order valence-corrected chi connectivity index (χ4v) is 9.25. The van der Waals surface area contributed by atoms with Gasteiger partial charge in [-0.25, -0.2) is 4.18 Å². The summed E-state index contributed by atoms with van der Waals surface area (Å²) in [7, 11) is -4.47. The molecule has 0 heterocycles. The number of rotatable bonds is 7. The van der Waals surface area contributed by atoms with Crippen LogP contribution in [0.4, 0.5) is 0 Å². The largest absolute Gasteiger partial charge is 0.397 e. The number of allylic oxidation sites excluding steroid dienone is 1. The molecule has 0 bridgehead atoms. The van der Waals surface area contributed by atoms with E-state index in [0.29, 0.717) is 55.3 Å². The van der Waals surface area contributed by atoms with Crippen LogP contribution >= 0.6 is 0 Å². The molecule has 0 aromatic carbocycles. The molecule has 4 aliphatic carbocycles. The molecule has 4 aliphatic rings. The Morgan fingerprint density at radius 1 is 1.21 bits per heavy atom. The van der Waals surface area contributed by atoms with E-state index in [9.17, 15) is 13.5 Å². The van der Waals surface area contributed by atoms with Gasteiger partial charge in [-0.15, -0.1) is 0 Å². The van der Waals surface area contributed by atoms with Gasteiger partial charge in [0.15, 0.2) is 0 Å². The Morgan fingerprint density at radius 3 is 2.67 bits per heavy atom. The van der Waals surface area contributed by atoms with Gasteiger partial charge in [-0.2, -0.15) is 8.42 Å². The van der Waals surface area contributed by atoms with Gasteiger partial charge in [0, 0.05) is 8.22 Å². The number of hydrogen-bond acceptors (Lipinski definition) is 4. The van der Waals surface area contributed by atoms with Crippen molar-refractivity contribution in [2.24, 2.45) is 40.4 Å². The maximum atomic E-state index is 11.3. The highest BCUT2D eigenvalue weighted by molar-refractivity contribution is 7.80. The van der Waals surface area contributed by atoms with Crippen molar-refractivity contribution in [2.45, 2.75) is 117 Å². The van der Waals surface area contributed by atoms with Crippen molar-refractivity contribution in [3.8, 4) is 0 Å². The summed E-state index contributed by atoms with van der Waals surface area (Å²) in [6, 6.07) is 0. The van der Waals surface area contributed by atoms with Crippen LogP contribution in [-0.4, -0.2) is 29.8 Å². The molecule has 0 unspecified atom stereocenters. The second-order valence-corrected chi connectivity index (χ2v) is 13.2. The molecule has 3 saturated carbocycles. The molecule has 4 rings (SSSR count). The summed E-state index contributed by atoms with van der Waals surface area (Å²) >= 11 is 0. The first-order valence-electron chi connectivity index (χ1n) is 15.8. The lowest BCUT2D eigenvalue weighted by molar-refractivity contribution is -0.0563. The number of hydrogen-bond donors (Lipinski definition) is 2. The number of fused-ring (bicyclic) bond motifs is 5. The predicted molar refractivity (Wildman–Crippen MR) is 131 cm³/mol. The van der Waals surface area contributed by atoms with Crippen LogP contribution in [0, 0.1) is 40.4 Å². The van der Waals surface area contributed by atoms with Gasteiger partial charge in [0.25, 0.3) is 0 Å². The van der Waals surface area contributed by atoms with E-state index in [1.807, 2.05) is 0 Å². The molecule has 6 heteroatoms. The maximum absolute atomic E-state index is 11.3. The summed E-state index contributed by atoms with van der Waals surface area (Å²) in [5.74, 6) is 2.43. The summed E-state index contributed by atoms with van der Waals surface area (Å²) in [5.41, 5.74) is -1.24. The molecule has 2 N–H and O–H groups in total. The smallest absolute Gasteiger partial charge is 0.390 e. The molecule has 0 aromatic heterocycles. The fraction of sp³-hybridized carbons (Fsp3) is 0.926. The van der Waals surface area contributed by atoms with E-state index in [-0.39, 0.29) is 17.3 Å². The third-order valence-corrected chi connectivity index (χ3v) is 10.8. The molecule has 0 amide bonds. The van der Waals surface area contributed by atoms with Crippen molar-refractivity contribution in [3.05, 3.63) is 11.6 Å². The van der Waals surface area contributed by atoms with Crippen LogP contribution in [0.1, 0.15) is 113 Å². The van der Waals surface area contributed by atoms with E-state index in [1.54, 1.807) is 0 Å². The van der Waals surface area contributed by atoms with E-state index in [1.165, 1.54) is 5.57 Å². The summed E-state index contributed by atoms with van der Waals surface area (Å²) in [6.45, 7) is 1.01. The molecule has 0 spiro atoms. The van der Waals surface area contributed by atoms with Gasteiger partial charge in [-0.1, -0.05) is 45.3 Å². The topological polar surface area (TPSA) is 83.8 Å². The Balaban J connectivity index is 1.43. The summed E-state index contributed by atoms with van der Waals surface area (Å²) in [4.78, 5) is 0. The van der Waals surface area contributed by atoms with Crippen LogP contribution in [0.5, 0.6) is 0 Å². The lowest BCUT2D eigenvalue weighted by atomic mass is 9.47. The first-order chi connectivity index (χ1) is 17.7. The van der Waals surface area contributed by atoms with Gasteiger partial charge in [-0.3, -0.25) is 4.55 Å². The third kappa shape index (κ3) is 5.10. The molecule has 5 nitrogen and oxygen atoms in total. The summed E-state index contributed by atoms with van der Waals surface area (Å²) in [6.07, 6.45) is 10.0. The van der Waals surface area contributed by atoms with Gasteiger partial charge >= 0.3 is 10.4 Å². The molecule has 190 valence electrons. The van der Waals surface area contributed by atoms with Gasteiger partial charge in [-0.05, 0) is 112 Å². The van der Waals surface area contributed by atoms with E-state index < -0.39 is 35.8 Å². The van der Waals surface area contributed by atoms with E-state index in [4.69, 9.17) is 17.0 Å². The summed E-state index contributed by atoms with van der Waals surface area (Å²) < 4.78 is 82.4. The fourth-order valence-electron chi connectivity index (χ4n) is 8.74. The quantitative estimate of drug-likeness (QED) is 0.323. The van der Waals surface area contributed by atoms with Gasteiger partial charge in [0.1, 0.15) is 0 Å². The lowest BCUT2D eigenvalue weighted by Gasteiger charge is -2.58.